The van der Waals surface area contributed by atoms with Crippen LogP contribution in [0.4, 0.5) is 11.6 Å². The minimum atomic E-state index is -3.23. The quantitative estimate of drug-likeness (QED) is 0.324. The number of para-hydroxylation sites is 1. The molecule has 1 saturated carbocycles. The number of nitrogens with one attached hydrogen (secondary N) is 3. The van der Waals surface area contributed by atoms with Gasteiger partial charge in [-0.05, 0) is 56.9 Å². The molecular formula is C25H27ClN6O2S. The molecule has 0 bridgehead atoms. The van der Waals surface area contributed by atoms with E-state index in [2.05, 4.69) is 20.2 Å². The van der Waals surface area contributed by atoms with Gasteiger partial charge < -0.3 is 5.32 Å². The summed E-state index contributed by atoms with van der Waals surface area (Å²) in [6.45, 7) is 2.02. The van der Waals surface area contributed by atoms with E-state index in [0.717, 1.165) is 53.4 Å². The van der Waals surface area contributed by atoms with Crippen molar-refractivity contribution in [3.05, 3.63) is 64.8 Å². The fourth-order valence-electron chi connectivity index (χ4n) is 4.77. The highest BCUT2D eigenvalue weighted by molar-refractivity contribution is 7.88. The zero-order valence-electron chi connectivity index (χ0n) is 19.5. The molecule has 4 aromatic rings. The summed E-state index contributed by atoms with van der Waals surface area (Å²) >= 11 is 6.51. The summed E-state index contributed by atoms with van der Waals surface area (Å²) in [7, 11) is -3.23. The van der Waals surface area contributed by atoms with Crippen molar-refractivity contribution in [2.75, 3.05) is 11.6 Å². The summed E-state index contributed by atoms with van der Waals surface area (Å²) in [5, 5.41) is 12.5. The van der Waals surface area contributed by atoms with E-state index in [4.69, 9.17) is 21.6 Å². The Labute approximate surface area is 209 Å². The molecular weight excluding hydrogens is 484 g/mol. The van der Waals surface area contributed by atoms with Gasteiger partial charge in [-0.2, -0.15) is 5.10 Å². The Kier molecular flexibility index (Phi) is 6.48. The number of benzene rings is 2. The standard InChI is InChI=1S/C25H27ClN6O2S/c1-15-22(16-11-13-17(14-12-16)32-35(2,33)34)27-24(18-7-3-5-9-20(18)26)28-23(15)29-25-19-8-4-6-10-21(19)30-31-25/h3-10,16-17,32H,11-14H2,1-2H3,(H2,27,28,29,30,31). The molecule has 2 heterocycles. The number of aromatic amines is 1. The Bertz CT molecular complexity index is 1480. The van der Waals surface area contributed by atoms with Crippen molar-refractivity contribution >= 4 is 44.2 Å². The van der Waals surface area contributed by atoms with Crippen molar-refractivity contribution < 1.29 is 8.42 Å². The highest BCUT2D eigenvalue weighted by Crippen LogP contribution is 2.38. The lowest BCUT2D eigenvalue weighted by Gasteiger charge is -2.29. The van der Waals surface area contributed by atoms with Crippen LogP contribution in [0.15, 0.2) is 48.5 Å². The maximum atomic E-state index is 11.7. The molecule has 8 nitrogen and oxygen atoms in total. The maximum Gasteiger partial charge on any atom is 0.208 e. The third-order valence-corrected chi connectivity index (χ3v) is 7.59. The largest absolute Gasteiger partial charge is 0.323 e. The average molecular weight is 511 g/mol. The molecule has 2 aromatic carbocycles. The Hall–Kier alpha value is -3.01. The molecule has 5 rings (SSSR count). The highest BCUT2D eigenvalue weighted by Gasteiger charge is 2.28. The number of sulfonamides is 1. The lowest BCUT2D eigenvalue weighted by molar-refractivity contribution is 0.369. The molecule has 0 amide bonds. The summed E-state index contributed by atoms with van der Waals surface area (Å²) in [4.78, 5) is 9.83. The summed E-state index contributed by atoms with van der Waals surface area (Å²) in [5.41, 5.74) is 3.60. The van der Waals surface area contributed by atoms with Crippen molar-refractivity contribution in [1.29, 1.82) is 0 Å². The van der Waals surface area contributed by atoms with E-state index in [9.17, 15) is 8.42 Å². The molecule has 35 heavy (non-hydrogen) atoms. The molecule has 0 atom stereocenters. The van der Waals surface area contributed by atoms with Gasteiger partial charge in [0.2, 0.25) is 10.0 Å². The lowest BCUT2D eigenvalue weighted by atomic mass is 9.83. The van der Waals surface area contributed by atoms with Gasteiger partial charge >= 0.3 is 0 Å². The van der Waals surface area contributed by atoms with Crippen LogP contribution in [0.2, 0.25) is 5.02 Å². The predicted molar refractivity (Wildman–Crippen MR) is 140 cm³/mol. The molecule has 2 aromatic heterocycles. The van der Waals surface area contributed by atoms with Gasteiger partial charge in [0.05, 0.1) is 22.5 Å². The first-order valence-electron chi connectivity index (χ1n) is 11.6. The van der Waals surface area contributed by atoms with Gasteiger partial charge in [-0.1, -0.05) is 35.9 Å². The minimum Gasteiger partial charge on any atom is -0.323 e. The number of halogens is 1. The van der Waals surface area contributed by atoms with Crippen molar-refractivity contribution in [3.63, 3.8) is 0 Å². The normalized spacial score (nSPS) is 18.6. The summed E-state index contributed by atoms with van der Waals surface area (Å²) < 4.78 is 26.1. The van der Waals surface area contributed by atoms with E-state index < -0.39 is 10.0 Å². The number of fused-ring (bicyclic) bond motifs is 1. The second kappa shape index (κ2) is 9.56. The van der Waals surface area contributed by atoms with E-state index in [0.29, 0.717) is 22.5 Å². The van der Waals surface area contributed by atoms with Gasteiger partial charge in [0.15, 0.2) is 11.6 Å². The average Bonchev–Trinajstić information content (AvgIpc) is 3.23. The summed E-state index contributed by atoms with van der Waals surface area (Å²) in [5.74, 6) is 2.11. The smallest absolute Gasteiger partial charge is 0.208 e. The van der Waals surface area contributed by atoms with E-state index in [-0.39, 0.29) is 12.0 Å². The Morgan fingerprint density at radius 1 is 0.971 bits per heavy atom. The maximum absolute atomic E-state index is 11.7. The second-order valence-corrected chi connectivity index (χ2v) is 11.3. The fourth-order valence-corrected chi connectivity index (χ4v) is 5.84. The molecule has 1 aliphatic carbocycles. The van der Waals surface area contributed by atoms with Crippen LogP contribution in [-0.4, -0.2) is 40.9 Å². The third kappa shape index (κ3) is 5.17. The number of nitrogens with zero attached hydrogens (tertiary/aromatic N) is 3. The number of anilines is 2. The Balaban J connectivity index is 1.53. The monoisotopic (exact) mass is 510 g/mol. The van der Waals surface area contributed by atoms with E-state index >= 15 is 0 Å². The summed E-state index contributed by atoms with van der Waals surface area (Å²) in [6.07, 6.45) is 4.39. The molecule has 1 fully saturated rings. The van der Waals surface area contributed by atoms with Gasteiger partial charge in [-0.3, -0.25) is 5.10 Å². The Morgan fingerprint density at radius 2 is 1.69 bits per heavy atom. The zero-order chi connectivity index (χ0) is 24.6. The molecule has 0 unspecified atom stereocenters. The molecule has 3 N–H and O–H groups in total. The van der Waals surface area contributed by atoms with Gasteiger partial charge in [-0.25, -0.2) is 23.1 Å². The first-order chi connectivity index (χ1) is 16.8. The molecule has 0 aliphatic heterocycles. The van der Waals surface area contributed by atoms with Crippen LogP contribution in [0.5, 0.6) is 0 Å². The van der Waals surface area contributed by atoms with Crippen LogP contribution in [0.3, 0.4) is 0 Å². The van der Waals surface area contributed by atoms with E-state index in [1.165, 1.54) is 6.26 Å². The van der Waals surface area contributed by atoms with Crippen molar-refractivity contribution in [2.24, 2.45) is 0 Å². The van der Waals surface area contributed by atoms with Crippen molar-refractivity contribution in [1.82, 2.24) is 24.9 Å². The number of hydrogen-bond acceptors (Lipinski definition) is 6. The molecule has 0 saturated heterocycles. The van der Waals surface area contributed by atoms with E-state index in [1.54, 1.807) is 0 Å². The van der Waals surface area contributed by atoms with Crippen LogP contribution in [0.25, 0.3) is 22.3 Å². The number of H-pyrrole nitrogens is 1. The third-order valence-electron chi connectivity index (χ3n) is 6.50. The zero-order valence-corrected chi connectivity index (χ0v) is 21.1. The summed E-state index contributed by atoms with van der Waals surface area (Å²) in [6, 6.07) is 15.4. The number of aromatic nitrogens is 4. The molecule has 0 spiro atoms. The fraction of sp³-hybridized carbons (Fsp3) is 0.320. The lowest BCUT2D eigenvalue weighted by Crippen LogP contribution is -2.36. The molecule has 182 valence electrons. The predicted octanol–water partition coefficient (Wildman–Crippen LogP) is 5.30. The van der Waals surface area contributed by atoms with Gasteiger partial charge in [-0.15, -0.1) is 0 Å². The SMILES string of the molecule is Cc1c(Nc2n[nH]c3ccccc23)nc(-c2ccccc2Cl)nc1C1CCC(NS(C)(=O)=O)CC1. The first-order valence-corrected chi connectivity index (χ1v) is 13.9. The topological polar surface area (TPSA) is 113 Å². The van der Waals surface area contributed by atoms with Crippen LogP contribution in [0.1, 0.15) is 42.9 Å². The van der Waals surface area contributed by atoms with Crippen LogP contribution < -0.4 is 10.0 Å². The van der Waals surface area contributed by atoms with E-state index in [1.807, 2.05) is 55.5 Å². The number of rotatable bonds is 6. The van der Waals surface area contributed by atoms with Crippen molar-refractivity contribution in [2.45, 2.75) is 44.6 Å². The molecule has 10 heteroatoms. The van der Waals surface area contributed by atoms with Gasteiger partial charge in [0.1, 0.15) is 5.82 Å². The van der Waals surface area contributed by atoms with Crippen LogP contribution in [0, 0.1) is 6.92 Å². The number of hydrogen-bond donors (Lipinski definition) is 3. The van der Waals surface area contributed by atoms with Gasteiger partial charge in [0, 0.05) is 28.5 Å². The van der Waals surface area contributed by atoms with Gasteiger partial charge in [0.25, 0.3) is 0 Å². The van der Waals surface area contributed by atoms with Crippen LogP contribution in [-0.2, 0) is 10.0 Å². The minimum absolute atomic E-state index is 0.0422. The first kappa shape index (κ1) is 23.7. The highest BCUT2D eigenvalue weighted by atomic mass is 35.5. The molecule has 1 aliphatic rings. The molecule has 0 radical (unpaired) electrons. The Morgan fingerprint density at radius 3 is 2.43 bits per heavy atom. The van der Waals surface area contributed by atoms with Crippen LogP contribution >= 0.6 is 11.6 Å². The van der Waals surface area contributed by atoms with Crippen molar-refractivity contribution in [3.8, 4) is 11.4 Å². The second-order valence-electron chi connectivity index (χ2n) is 9.07.